The van der Waals surface area contributed by atoms with Gasteiger partial charge in [0.05, 0.1) is 30.8 Å². The van der Waals surface area contributed by atoms with Gasteiger partial charge in [-0.05, 0) is 29.2 Å². The highest BCUT2D eigenvalue weighted by atomic mass is 35.5. The molecule has 0 fully saturated rings. The van der Waals surface area contributed by atoms with E-state index in [0.29, 0.717) is 53.5 Å². The fourth-order valence-corrected chi connectivity index (χ4v) is 3.39. The molecular formula is C21H18ClFN6O4. The van der Waals surface area contributed by atoms with Crippen molar-refractivity contribution >= 4 is 40.0 Å². The number of aromatic nitrogens is 4. The van der Waals surface area contributed by atoms with Gasteiger partial charge in [-0.15, -0.1) is 0 Å². The topological polar surface area (TPSA) is 117 Å². The van der Waals surface area contributed by atoms with E-state index in [1.807, 2.05) is 0 Å². The Hall–Kier alpha value is -3.99. The average Bonchev–Trinajstić information content (AvgIpc) is 3.28. The quantitative estimate of drug-likeness (QED) is 0.211. The molecule has 0 radical (unpaired) electrons. The van der Waals surface area contributed by atoms with Crippen LogP contribution in [0.3, 0.4) is 0 Å². The summed E-state index contributed by atoms with van der Waals surface area (Å²) in [6, 6.07) is 7.73. The highest BCUT2D eigenvalue weighted by molar-refractivity contribution is 6.31. The zero-order chi connectivity index (χ0) is 23.4. The summed E-state index contributed by atoms with van der Waals surface area (Å²) in [4.78, 5) is 22.7. The Morgan fingerprint density at radius 2 is 2.06 bits per heavy atom. The molecule has 4 rings (SSSR count). The molecule has 33 heavy (non-hydrogen) atoms. The van der Waals surface area contributed by atoms with Crippen molar-refractivity contribution in [1.29, 1.82) is 0 Å². The van der Waals surface area contributed by atoms with Crippen LogP contribution in [0.4, 0.5) is 21.8 Å². The molecule has 0 aliphatic carbocycles. The molecule has 0 aliphatic rings. The van der Waals surface area contributed by atoms with Gasteiger partial charge >= 0.3 is 5.95 Å². The van der Waals surface area contributed by atoms with Gasteiger partial charge in [0, 0.05) is 23.6 Å². The molecule has 0 spiro atoms. The van der Waals surface area contributed by atoms with E-state index in [2.05, 4.69) is 20.3 Å². The van der Waals surface area contributed by atoms with E-state index in [-0.39, 0.29) is 11.0 Å². The maximum absolute atomic E-state index is 13.4. The molecule has 0 bridgehead atoms. The number of anilines is 2. The van der Waals surface area contributed by atoms with Crippen molar-refractivity contribution in [2.45, 2.75) is 13.0 Å². The third kappa shape index (κ3) is 4.93. The number of nitrogens with one attached hydrogen (secondary N) is 1. The third-order valence-corrected chi connectivity index (χ3v) is 5.05. The molecule has 0 aliphatic heterocycles. The van der Waals surface area contributed by atoms with Crippen LogP contribution in [0.1, 0.15) is 6.42 Å². The summed E-state index contributed by atoms with van der Waals surface area (Å²) in [5.41, 5.74) is 1.16. The molecule has 0 unspecified atom stereocenters. The van der Waals surface area contributed by atoms with Crippen molar-refractivity contribution in [2.75, 3.05) is 19.0 Å². The van der Waals surface area contributed by atoms with Gasteiger partial charge < -0.3 is 24.9 Å². The predicted octanol–water partition coefficient (Wildman–Crippen LogP) is 4.75. The molecule has 0 saturated heterocycles. The van der Waals surface area contributed by atoms with Crippen molar-refractivity contribution in [3.05, 3.63) is 70.0 Å². The fraction of sp³-hybridized carbons (Fsp3) is 0.190. The third-order valence-electron chi connectivity index (χ3n) is 4.76. The van der Waals surface area contributed by atoms with Crippen LogP contribution in [-0.2, 0) is 6.54 Å². The van der Waals surface area contributed by atoms with Crippen LogP contribution in [-0.4, -0.2) is 38.2 Å². The summed E-state index contributed by atoms with van der Waals surface area (Å²) in [7, 11) is 1.51. The molecule has 2 heterocycles. The van der Waals surface area contributed by atoms with Crippen LogP contribution < -0.4 is 14.8 Å². The van der Waals surface area contributed by atoms with Crippen molar-refractivity contribution in [3.8, 4) is 11.5 Å². The maximum Gasteiger partial charge on any atom is 0.434 e. The van der Waals surface area contributed by atoms with Gasteiger partial charge in [-0.1, -0.05) is 16.6 Å². The molecule has 170 valence electrons. The Balaban J connectivity index is 1.50. The number of methoxy groups -OCH3 is 1. The lowest BCUT2D eigenvalue weighted by Crippen LogP contribution is -2.07. The SMILES string of the molecule is COc1cc2c(Nc3ccc(F)c(Cl)c3)ncnc2cc1OCCCn1ccnc1[N+](=O)[O-]. The highest BCUT2D eigenvalue weighted by Crippen LogP contribution is 2.35. The number of hydrogen-bond acceptors (Lipinski definition) is 8. The number of ether oxygens (including phenoxy) is 2. The predicted molar refractivity (Wildman–Crippen MR) is 120 cm³/mol. The lowest BCUT2D eigenvalue weighted by molar-refractivity contribution is -0.396. The molecule has 4 aromatic rings. The zero-order valence-corrected chi connectivity index (χ0v) is 18.1. The van der Waals surface area contributed by atoms with Gasteiger partial charge in [-0.25, -0.2) is 18.9 Å². The minimum atomic E-state index is -0.529. The Bertz CT molecular complexity index is 1320. The van der Waals surface area contributed by atoms with Crippen LogP contribution in [0.5, 0.6) is 11.5 Å². The zero-order valence-electron chi connectivity index (χ0n) is 17.4. The van der Waals surface area contributed by atoms with Crippen LogP contribution >= 0.6 is 11.6 Å². The van der Waals surface area contributed by atoms with Gasteiger partial charge in [-0.3, -0.25) is 0 Å². The summed E-state index contributed by atoms with van der Waals surface area (Å²) >= 11 is 5.86. The number of rotatable bonds is 9. The van der Waals surface area contributed by atoms with Gasteiger partial charge in [0.2, 0.25) is 0 Å². The average molecular weight is 473 g/mol. The van der Waals surface area contributed by atoms with Gasteiger partial charge in [0.15, 0.2) is 11.5 Å². The molecule has 12 heteroatoms. The summed E-state index contributed by atoms with van der Waals surface area (Å²) < 4.78 is 26.2. The van der Waals surface area contributed by atoms with Gasteiger partial charge in [-0.2, -0.15) is 0 Å². The maximum atomic E-state index is 13.4. The number of halogens is 2. The summed E-state index contributed by atoms with van der Waals surface area (Å²) in [6.07, 6.45) is 4.84. The van der Waals surface area contributed by atoms with Crippen LogP contribution in [0, 0.1) is 15.9 Å². The first-order valence-corrected chi connectivity index (χ1v) is 10.2. The monoisotopic (exact) mass is 472 g/mol. The molecule has 2 aromatic carbocycles. The van der Waals surface area contributed by atoms with Crippen LogP contribution in [0.15, 0.2) is 49.1 Å². The van der Waals surface area contributed by atoms with E-state index < -0.39 is 10.7 Å². The number of nitro groups is 1. The minimum Gasteiger partial charge on any atom is -0.493 e. The molecule has 1 N–H and O–H groups in total. The second-order valence-electron chi connectivity index (χ2n) is 6.88. The Morgan fingerprint density at radius 1 is 1.21 bits per heavy atom. The smallest absolute Gasteiger partial charge is 0.434 e. The number of imidazole rings is 1. The van der Waals surface area contributed by atoms with E-state index in [9.17, 15) is 14.5 Å². The van der Waals surface area contributed by atoms with Gasteiger partial charge in [0.25, 0.3) is 0 Å². The Kier molecular flexibility index (Phi) is 6.50. The number of hydrogen-bond donors (Lipinski definition) is 1. The standard InChI is InChI=1S/C21H18ClFN6O4/c1-32-18-10-14-17(25-12-26-20(14)27-13-3-4-16(23)15(22)9-13)11-19(18)33-8-2-6-28-7-5-24-21(28)29(30)31/h3-5,7,9-12H,2,6,8H2,1H3,(H,25,26,27). The number of fused-ring (bicyclic) bond motifs is 1. The van der Waals surface area contributed by atoms with Crippen LogP contribution in [0.2, 0.25) is 5.02 Å². The first kappa shape index (κ1) is 22.2. The largest absolute Gasteiger partial charge is 0.493 e. The van der Waals surface area contributed by atoms with E-state index in [1.54, 1.807) is 24.4 Å². The Labute approximate surface area is 192 Å². The minimum absolute atomic E-state index is 0.00680. The second-order valence-corrected chi connectivity index (χ2v) is 7.28. The number of aryl methyl sites for hydroxylation is 1. The molecule has 10 nitrogen and oxygen atoms in total. The van der Waals surface area contributed by atoms with E-state index in [0.717, 1.165) is 0 Å². The lowest BCUT2D eigenvalue weighted by Gasteiger charge is -2.14. The molecule has 0 saturated carbocycles. The number of benzene rings is 2. The van der Waals surface area contributed by atoms with Crippen molar-refractivity contribution in [2.24, 2.45) is 0 Å². The first-order valence-electron chi connectivity index (χ1n) is 9.79. The molecule has 2 aromatic heterocycles. The molecule has 0 amide bonds. The summed E-state index contributed by atoms with van der Waals surface area (Å²) in [5, 5.41) is 14.7. The number of nitrogens with zero attached hydrogens (tertiary/aromatic N) is 5. The van der Waals surface area contributed by atoms with E-state index in [1.165, 1.54) is 36.3 Å². The second kappa shape index (κ2) is 9.65. The van der Waals surface area contributed by atoms with Crippen molar-refractivity contribution < 1.29 is 18.8 Å². The van der Waals surface area contributed by atoms with Crippen molar-refractivity contribution in [3.63, 3.8) is 0 Å². The Morgan fingerprint density at radius 3 is 2.82 bits per heavy atom. The molecular weight excluding hydrogens is 455 g/mol. The first-order chi connectivity index (χ1) is 16.0. The normalized spacial score (nSPS) is 10.9. The molecule has 0 atom stereocenters. The lowest BCUT2D eigenvalue weighted by atomic mass is 10.2. The van der Waals surface area contributed by atoms with E-state index >= 15 is 0 Å². The van der Waals surface area contributed by atoms with E-state index in [4.69, 9.17) is 21.1 Å². The summed E-state index contributed by atoms with van der Waals surface area (Å²) in [5.74, 6) is 0.698. The van der Waals surface area contributed by atoms with Crippen LogP contribution in [0.25, 0.3) is 10.9 Å². The summed E-state index contributed by atoms with van der Waals surface area (Å²) in [6.45, 7) is 0.671. The van der Waals surface area contributed by atoms with Gasteiger partial charge in [0.1, 0.15) is 30.4 Å². The fourth-order valence-electron chi connectivity index (χ4n) is 3.21. The highest BCUT2D eigenvalue weighted by Gasteiger charge is 2.15. The van der Waals surface area contributed by atoms with Crippen molar-refractivity contribution in [1.82, 2.24) is 19.5 Å².